The summed E-state index contributed by atoms with van der Waals surface area (Å²) in [4.78, 5) is 22.9. The minimum absolute atomic E-state index is 0.0735. The fraction of sp³-hybridized carbons (Fsp3) is 0.333. The predicted octanol–water partition coefficient (Wildman–Crippen LogP) is 1.98. The SMILES string of the molecule is COC(=O)C(Cc1cc(F)ccc1Cl)C(=O)OC. The number of rotatable bonds is 4. The van der Waals surface area contributed by atoms with Gasteiger partial charge < -0.3 is 9.47 Å². The Kier molecular flexibility index (Phi) is 5.09. The topological polar surface area (TPSA) is 52.6 Å². The Morgan fingerprint density at radius 3 is 2.33 bits per heavy atom. The van der Waals surface area contributed by atoms with Crippen LogP contribution in [-0.2, 0) is 25.5 Å². The van der Waals surface area contributed by atoms with Crippen molar-refractivity contribution in [2.24, 2.45) is 5.92 Å². The summed E-state index contributed by atoms with van der Waals surface area (Å²) in [5.74, 6) is -3.15. The van der Waals surface area contributed by atoms with Crippen LogP contribution < -0.4 is 0 Å². The molecular weight excluding hydrogens is 263 g/mol. The molecule has 0 unspecified atom stereocenters. The maximum absolute atomic E-state index is 13.1. The van der Waals surface area contributed by atoms with Gasteiger partial charge in [-0.2, -0.15) is 0 Å². The molecule has 1 aromatic carbocycles. The van der Waals surface area contributed by atoms with Gasteiger partial charge in [0.05, 0.1) is 14.2 Å². The van der Waals surface area contributed by atoms with Crippen molar-refractivity contribution in [2.45, 2.75) is 6.42 Å². The second kappa shape index (κ2) is 6.35. The lowest BCUT2D eigenvalue weighted by Gasteiger charge is -2.13. The van der Waals surface area contributed by atoms with Crippen LogP contribution in [0.4, 0.5) is 4.39 Å². The summed E-state index contributed by atoms with van der Waals surface area (Å²) in [6.45, 7) is 0. The summed E-state index contributed by atoms with van der Waals surface area (Å²) in [5.41, 5.74) is 0.345. The summed E-state index contributed by atoms with van der Waals surface area (Å²) in [6, 6.07) is 3.72. The lowest BCUT2D eigenvalue weighted by Crippen LogP contribution is -2.28. The van der Waals surface area contributed by atoms with E-state index in [4.69, 9.17) is 11.6 Å². The van der Waals surface area contributed by atoms with Crippen molar-refractivity contribution in [3.8, 4) is 0 Å². The van der Waals surface area contributed by atoms with Crippen LogP contribution >= 0.6 is 11.6 Å². The second-order valence-corrected chi connectivity index (χ2v) is 3.95. The fourth-order valence-electron chi connectivity index (χ4n) is 1.47. The van der Waals surface area contributed by atoms with Crippen molar-refractivity contribution in [1.82, 2.24) is 0 Å². The van der Waals surface area contributed by atoms with Crippen LogP contribution in [0.15, 0.2) is 18.2 Å². The fourth-order valence-corrected chi connectivity index (χ4v) is 1.66. The molecule has 0 radical (unpaired) electrons. The number of carbonyl (C=O) groups is 2. The Morgan fingerprint density at radius 2 is 1.83 bits per heavy atom. The number of esters is 2. The molecule has 0 atom stereocenters. The van der Waals surface area contributed by atoms with E-state index in [2.05, 4.69) is 9.47 Å². The maximum Gasteiger partial charge on any atom is 0.320 e. The molecule has 4 nitrogen and oxygen atoms in total. The summed E-state index contributed by atoms with van der Waals surface area (Å²) in [6.07, 6.45) is -0.0735. The first-order valence-electron chi connectivity index (χ1n) is 5.09. The molecule has 0 heterocycles. The first kappa shape index (κ1) is 14.4. The van der Waals surface area contributed by atoms with Gasteiger partial charge >= 0.3 is 11.9 Å². The highest BCUT2D eigenvalue weighted by Crippen LogP contribution is 2.21. The van der Waals surface area contributed by atoms with E-state index in [0.29, 0.717) is 5.56 Å². The highest BCUT2D eigenvalue weighted by molar-refractivity contribution is 6.31. The lowest BCUT2D eigenvalue weighted by molar-refractivity contribution is -0.158. The molecule has 1 rings (SSSR count). The van der Waals surface area contributed by atoms with E-state index < -0.39 is 23.7 Å². The molecule has 0 spiro atoms. The van der Waals surface area contributed by atoms with Crippen molar-refractivity contribution >= 4 is 23.5 Å². The molecule has 0 aliphatic carbocycles. The van der Waals surface area contributed by atoms with Crippen LogP contribution in [0.25, 0.3) is 0 Å². The van der Waals surface area contributed by atoms with Gasteiger partial charge in [0.15, 0.2) is 5.92 Å². The average molecular weight is 275 g/mol. The zero-order valence-electron chi connectivity index (χ0n) is 9.91. The third-order valence-electron chi connectivity index (χ3n) is 2.40. The zero-order valence-corrected chi connectivity index (χ0v) is 10.7. The third-order valence-corrected chi connectivity index (χ3v) is 2.77. The summed E-state index contributed by atoms with van der Waals surface area (Å²) < 4.78 is 22.1. The number of benzene rings is 1. The molecule has 0 aliphatic heterocycles. The second-order valence-electron chi connectivity index (χ2n) is 3.54. The van der Waals surface area contributed by atoms with Crippen LogP contribution in [0, 0.1) is 11.7 Å². The molecule has 0 aliphatic rings. The van der Waals surface area contributed by atoms with E-state index in [0.717, 1.165) is 14.2 Å². The van der Waals surface area contributed by atoms with Gasteiger partial charge in [-0.1, -0.05) is 11.6 Å². The third kappa shape index (κ3) is 3.43. The van der Waals surface area contributed by atoms with Gasteiger partial charge in [0.2, 0.25) is 0 Å². The molecule has 0 saturated carbocycles. The zero-order chi connectivity index (χ0) is 13.7. The first-order chi connectivity index (χ1) is 8.49. The molecule has 1 aromatic rings. The van der Waals surface area contributed by atoms with Gasteiger partial charge in [-0.15, -0.1) is 0 Å². The van der Waals surface area contributed by atoms with Crippen LogP contribution in [-0.4, -0.2) is 26.2 Å². The molecule has 0 fully saturated rings. The summed E-state index contributed by atoms with van der Waals surface area (Å²) in [7, 11) is 2.32. The van der Waals surface area contributed by atoms with Crippen molar-refractivity contribution < 1.29 is 23.5 Å². The normalized spacial score (nSPS) is 10.3. The van der Waals surface area contributed by atoms with E-state index in [1.807, 2.05) is 0 Å². The number of hydrogen-bond donors (Lipinski definition) is 0. The quantitative estimate of drug-likeness (QED) is 0.622. The van der Waals surface area contributed by atoms with Gasteiger partial charge in [-0.25, -0.2) is 4.39 Å². The van der Waals surface area contributed by atoms with Crippen LogP contribution in [0.1, 0.15) is 5.56 Å². The number of hydrogen-bond acceptors (Lipinski definition) is 4. The Morgan fingerprint density at radius 1 is 1.28 bits per heavy atom. The maximum atomic E-state index is 13.1. The van der Waals surface area contributed by atoms with Gasteiger partial charge in [-0.05, 0) is 30.2 Å². The van der Waals surface area contributed by atoms with Crippen LogP contribution in [0.2, 0.25) is 5.02 Å². The van der Waals surface area contributed by atoms with Crippen LogP contribution in [0.3, 0.4) is 0 Å². The first-order valence-corrected chi connectivity index (χ1v) is 5.47. The van der Waals surface area contributed by atoms with E-state index in [-0.39, 0.29) is 11.4 Å². The van der Waals surface area contributed by atoms with E-state index in [1.165, 1.54) is 18.2 Å². The number of ether oxygens (including phenoxy) is 2. The van der Waals surface area contributed by atoms with Crippen molar-refractivity contribution in [2.75, 3.05) is 14.2 Å². The summed E-state index contributed by atoms with van der Waals surface area (Å²) >= 11 is 5.87. The summed E-state index contributed by atoms with van der Waals surface area (Å²) in [5, 5.41) is 0.272. The molecule has 0 N–H and O–H groups in total. The molecular formula is C12H12ClFO4. The number of carbonyl (C=O) groups excluding carboxylic acids is 2. The number of methoxy groups -OCH3 is 2. The molecule has 6 heteroatoms. The van der Waals surface area contributed by atoms with Gasteiger partial charge in [-0.3, -0.25) is 9.59 Å². The molecule has 18 heavy (non-hydrogen) atoms. The lowest BCUT2D eigenvalue weighted by atomic mass is 9.99. The van der Waals surface area contributed by atoms with Crippen molar-refractivity contribution in [3.63, 3.8) is 0 Å². The van der Waals surface area contributed by atoms with Crippen molar-refractivity contribution in [1.29, 1.82) is 0 Å². The monoisotopic (exact) mass is 274 g/mol. The van der Waals surface area contributed by atoms with E-state index >= 15 is 0 Å². The Balaban J connectivity index is 2.99. The Labute approximate surface area is 109 Å². The molecule has 0 saturated heterocycles. The average Bonchev–Trinajstić information content (AvgIpc) is 2.38. The predicted molar refractivity (Wildman–Crippen MR) is 62.6 cm³/mol. The molecule has 0 bridgehead atoms. The van der Waals surface area contributed by atoms with E-state index in [9.17, 15) is 14.0 Å². The Bertz CT molecular complexity index is 445. The molecule has 0 aromatic heterocycles. The van der Waals surface area contributed by atoms with Gasteiger partial charge in [0, 0.05) is 5.02 Å². The minimum Gasteiger partial charge on any atom is -0.468 e. The molecule has 98 valence electrons. The van der Waals surface area contributed by atoms with Gasteiger partial charge in [0.25, 0.3) is 0 Å². The minimum atomic E-state index is -1.15. The largest absolute Gasteiger partial charge is 0.468 e. The smallest absolute Gasteiger partial charge is 0.320 e. The number of halogens is 2. The highest BCUT2D eigenvalue weighted by Gasteiger charge is 2.29. The molecule has 0 amide bonds. The highest BCUT2D eigenvalue weighted by atomic mass is 35.5. The Hall–Kier alpha value is -1.62. The van der Waals surface area contributed by atoms with E-state index in [1.54, 1.807) is 0 Å². The van der Waals surface area contributed by atoms with Crippen LogP contribution in [0.5, 0.6) is 0 Å². The van der Waals surface area contributed by atoms with Gasteiger partial charge in [0.1, 0.15) is 5.82 Å². The van der Waals surface area contributed by atoms with Crippen molar-refractivity contribution in [3.05, 3.63) is 34.6 Å². The standard InChI is InChI=1S/C12H12ClFO4/c1-17-11(15)9(12(16)18-2)6-7-5-8(14)3-4-10(7)13/h3-5,9H,6H2,1-2H3.